The number of nitrogens with zero attached hydrogens (tertiary/aromatic N) is 2. The van der Waals surface area contributed by atoms with E-state index in [9.17, 15) is 4.79 Å². The highest BCUT2D eigenvalue weighted by Crippen LogP contribution is 2.41. The van der Waals surface area contributed by atoms with E-state index in [2.05, 4.69) is 18.9 Å². The molecule has 0 spiro atoms. The van der Waals surface area contributed by atoms with Crippen LogP contribution in [0.1, 0.15) is 26.2 Å². The van der Waals surface area contributed by atoms with Gasteiger partial charge < -0.3 is 15.5 Å². The summed E-state index contributed by atoms with van der Waals surface area (Å²) in [6.45, 7) is 5.40. The van der Waals surface area contributed by atoms with Crippen molar-refractivity contribution >= 4 is 5.91 Å². The van der Waals surface area contributed by atoms with Crippen LogP contribution in [-0.2, 0) is 4.79 Å². The van der Waals surface area contributed by atoms with Gasteiger partial charge in [0.25, 0.3) is 0 Å². The first-order valence-electron chi connectivity index (χ1n) is 6.29. The number of hydrogen-bond donors (Lipinski definition) is 1. The smallest absolute Gasteiger partial charge is 0.230 e. The van der Waals surface area contributed by atoms with Gasteiger partial charge in [-0.15, -0.1) is 0 Å². The third kappa shape index (κ3) is 1.84. The molecule has 0 aromatic carbocycles. The van der Waals surface area contributed by atoms with Crippen LogP contribution in [0.25, 0.3) is 0 Å². The van der Waals surface area contributed by atoms with Gasteiger partial charge in [0.1, 0.15) is 0 Å². The highest BCUT2D eigenvalue weighted by molar-refractivity contribution is 5.84. The minimum absolute atomic E-state index is 0.199. The van der Waals surface area contributed by atoms with Crippen LogP contribution in [0.5, 0.6) is 0 Å². The Hall–Kier alpha value is -0.610. The van der Waals surface area contributed by atoms with Gasteiger partial charge in [-0.25, -0.2) is 0 Å². The maximum atomic E-state index is 12.4. The van der Waals surface area contributed by atoms with E-state index in [1.54, 1.807) is 0 Å². The molecule has 1 unspecified atom stereocenters. The molecule has 0 aromatic heterocycles. The Morgan fingerprint density at radius 2 is 2.12 bits per heavy atom. The molecule has 1 aliphatic carbocycles. The minimum Gasteiger partial charge on any atom is -0.339 e. The summed E-state index contributed by atoms with van der Waals surface area (Å²) in [6, 6.07) is 0.465. The summed E-state index contributed by atoms with van der Waals surface area (Å²) in [6.07, 6.45) is 3.14. The van der Waals surface area contributed by atoms with E-state index in [1.165, 1.54) is 0 Å². The number of amides is 1. The zero-order valence-electron chi connectivity index (χ0n) is 10.4. The van der Waals surface area contributed by atoms with Crippen molar-refractivity contribution in [2.75, 3.05) is 33.2 Å². The summed E-state index contributed by atoms with van der Waals surface area (Å²) >= 11 is 0. The molecule has 4 heteroatoms. The Balaban J connectivity index is 2.00. The van der Waals surface area contributed by atoms with Crippen LogP contribution >= 0.6 is 0 Å². The molecule has 2 fully saturated rings. The van der Waals surface area contributed by atoms with Gasteiger partial charge in [0.2, 0.25) is 5.91 Å². The van der Waals surface area contributed by atoms with E-state index in [0.29, 0.717) is 18.5 Å². The van der Waals surface area contributed by atoms with E-state index in [-0.39, 0.29) is 5.41 Å². The fourth-order valence-electron chi connectivity index (χ4n) is 2.68. The molecule has 92 valence electrons. The number of nitrogens with two attached hydrogens (primary N) is 1. The summed E-state index contributed by atoms with van der Waals surface area (Å²) in [7, 11) is 2.12. The zero-order valence-corrected chi connectivity index (χ0v) is 10.4. The third-order valence-electron chi connectivity index (χ3n) is 4.40. The second-order valence-corrected chi connectivity index (χ2v) is 5.42. The number of hydrogen-bond acceptors (Lipinski definition) is 3. The lowest BCUT2D eigenvalue weighted by atomic mass is 9.67. The van der Waals surface area contributed by atoms with Crippen molar-refractivity contribution in [1.82, 2.24) is 9.80 Å². The molecule has 1 heterocycles. The van der Waals surface area contributed by atoms with Crippen LogP contribution in [0.3, 0.4) is 0 Å². The van der Waals surface area contributed by atoms with Crippen LogP contribution in [-0.4, -0.2) is 55.0 Å². The molecule has 4 nitrogen and oxygen atoms in total. The van der Waals surface area contributed by atoms with E-state index in [0.717, 1.165) is 38.9 Å². The monoisotopic (exact) mass is 225 g/mol. The molecule has 1 saturated carbocycles. The average molecular weight is 225 g/mol. The summed E-state index contributed by atoms with van der Waals surface area (Å²) in [5, 5.41) is 0. The highest BCUT2D eigenvalue weighted by Gasteiger charge is 2.45. The Labute approximate surface area is 97.8 Å². The molecular weight excluding hydrogens is 202 g/mol. The SMILES string of the molecule is CC1CN(C(=O)C2(CN)CCC2)CCN1C. The number of carbonyl (C=O) groups is 1. The molecule has 1 aliphatic heterocycles. The number of likely N-dealkylation sites (N-methyl/N-ethyl adjacent to an activating group) is 1. The van der Waals surface area contributed by atoms with Gasteiger partial charge in [-0.05, 0) is 26.8 Å². The van der Waals surface area contributed by atoms with Crippen LogP contribution < -0.4 is 5.73 Å². The normalized spacial score (nSPS) is 29.9. The third-order valence-corrected chi connectivity index (χ3v) is 4.40. The highest BCUT2D eigenvalue weighted by atomic mass is 16.2. The second-order valence-electron chi connectivity index (χ2n) is 5.42. The molecular formula is C12H23N3O. The van der Waals surface area contributed by atoms with Crippen molar-refractivity contribution < 1.29 is 4.79 Å². The van der Waals surface area contributed by atoms with Gasteiger partial charge in [-0.3, -0.25) is 4.79 Å². The molecule has 16 heavy (non-hydrogen) atoms. The van der Waals surface area contributed by atoms with Gasteiger partial charge in [0.05, 0.1) is 5.41 Å². The number of rotatable bonds is 2. The lowest BCUT2D eigenvalue weighted by Crippen LogP contribution is -2.58. The Bertz CT molecular complexity index is 270. The standard InChI is InChI=1S/C12H23N3O/c1-10-8-15(7-6-14(10)2)11(16)12(9-13)4-3-5-12/h10H,3-9,13H2,1-2H3. The molecule has 2 aliphatic rings. The van der Waals surface area contributed by atoms with Gasteiger partial charge in [-0.1, -0.05) is 6.42 Å². The Morgan fingerprint density at radius 3 is 2.56 bits per heavy atom. The van der Waals surface area contributed by atoms with Crippen LogP contribution in [0.15, 0.2) is 0 Å². The first-order chi connectivity index (χ1) is 7.59. The van der Waals surface area contributed by atoms with Gasteiger partial charge >= 0.3 is 0 Å². The first-order valence-corrected chi connectivity index (χ1v) is 6.29. The van der Waals surface area contributed by atoms with Crippen LogP contribution in [0.4, 0.5) is 0 Å². The van der Waals surface area contributed by atoms with Crippen molar-refractivity contribution in [3.63, 3.8) is 0 Å². The molecule has 1 saturated heterocycles. The van der Waals surface area contributed by atoms with Gasteiger partial charge in [0, 0.05) is 32.2 Å². The molecule has 2 N–H and O–H groups in total. The summed E-state index contributed by atoms with van der Waals surface area (Å²) in [5.41, 5.74) is 5.58. The molecule has 0 bridgehead atoms. The lowest BCUT2D eigenvalue weighted by Gasteiger charge is -2.46. The quantitative estimate of drug-likeness (QED) is 0.734. The lowest BCUT2D eigenvalue weighted by molar-refractivity contribution is -0.149. The van der Waals surface area contributed by atoms with Crippen molar-refractivity contribution in [3.8, 4) is 0 Å². The van der Waals surface area contributed by atoms with E-state index < -0.39 is 0 Å². The predicted octanol–water partition coefficient (Wildman–Crippen LogP) is 0.278. The summed E-state index contributed by atoms with van der Waals surface area (Å²) < 4.78 is 0. The molecule has 2 rings (SSSR count). The molecule has 1 atom stereocenters. The van der Waals surface area contributed by atoms with E-state index >= 15 is 0 Å². The topological polar surface area (TPSA) is 49.6 Å². The summed E-state index contributed by atoms with van der Waals surface area (Å²) in [4.78, 5) is 16.7. The van der Waals surface area contributed by atoms with Crippen molar-refractivity contribution in [3.05, 3.63) is 0 Å². The van der Waals surface area contributed by atoms with Crippen LogP contribution in [0, 0.1) is 5.41 Å². The van der Waals surface area contributed by atoms with Crippen molar-refractivity contribution in [2.45, 2.75) is 32.2 Å². The van der Waals surface area contributed by atoms with Crippen molar-refractivity contribution in [1.29, 1.82) is 0 Å². The fraction of sp³-hybridized carbons (Fsp3) is 0.917. The average Bonchev–Trinajstić information content (AvgIpc) is 2.21. The minimum atomic E-state index is -0.199. The predicted molar refractivity (Wildman–Crippen MR) is 64.0 cm³/mol. The zero-order chi connectivity index (χ0) is 11.8. The van der Waals surface area contributed by atoms with E-state index in [4.69, 9.17) is 5.73 Å². The number of carbonyl (C=O) groups excluding carboxylic acids is 1. The maximum Gasteiger partial charge on any atom is 0.230 e. The Morgan fingerprint density at radius 1 is 1.44 bits per heavy atom. The maximum absolute atomic E-state index is 12.4. The second kappa shape index (κ2) is 4.34. The first kappa shape index (κ1) is 11.9. The fourth-order valence-corrected chi connectivity index (χ4v) is 2.68. The van der Waals surface area contributed by atoms with Crippen molar-refractivity contribution in [2.24, 2.45) is 11.1 Å². The number of piperazine rings is 1. The molecule has 0 aromatic rings. The van der Waals surface area contributed by atoms with Gasteiger partial charge in [0.15, 0.2) is 0 Å². The molecule has 1 amide bonds. The van der Waals surface area contributed by atoms with Crippen LogP contribution in [0.2, 0.25) is 0 Å². The largest absolute Gasteiger partial charge is 0.339 e. The Kier molecular flexibility index (Phi) is 3.22. The molecule has 0 radical (unpaired) electrons. The summed E-state index contributed by atoms with van der Waals surface area (Å²) in [5.74, 6) is 0.307. The van der Waals surface area contributed by atoms with E-state index in [1.807, 2.05) is 4.90 Å². The van der Waals surface area contributed by atoms with Gasteiger partial charge in [-0.2, -0.15) is 0 Å².